The second-order valence-electron chi connectivity index (χ2n) is 3.21. The Labute approximate surface area is 94.4 Å². The Kier molecular flexibility index (Phi) is 3.42. The fourth-order valence-corrected chi connectivity index (χ4v) is 2.90. The summed E-state index contributed by atoms with van der Waals surface area (Å²) < 4.78 is 14.2. The van der Waals surface area contributed by atoms with Crippen molar-refractivity contribution in [2.45, 2.75) is 12.2 Å². The van der Waals surface area contributed by atoms with E-state index in [-0.39, 0.29) is 5.25 Å². The average Bonchev–Trinajstić information content (AvgIpc) is 2.10. The zero-order valence-electron chi connectivity index (χ0n) is 7.75. The molecule has 0 fully saturated rings. The molecular weight excluding hydrogens is 271 g/mol. The van der Waals surface area contributed by atoms with E-state index in [1.165, 1.54) is 24.8 Å². The fourth-order valence-electron chi connectivity index (χ4n) is 1.29. The highest BCUT2D eigenvalue weighted by atomic mass is 79.9. The zero-order valence-corrected chi connectivity index (χ0v) is 10.2. The molecule has 0 radical (unpaired) electrons. The monoisotopic (exact) mass is 280 g/mol. The molecular formula is C9H10BrFO2S. The highest BCUT2D eigenvalue weighted by Crippen LogP contribution is 2.43. The third kappa shape index (κ3) is 1.75. The normalized spacial score (nSPS) is 32.1. The van der Waals surface area contributed by atoms with Crippen molar-refractivity contribution >= 4 is 33.7 Å². The van der Waals surface area contributed by atoms with Crippen molar-refractivity contribution in [3.8, 4) is 0 Å². The Balaban J connectivity index is 3.18. The summed E-state index contributed by atoms with van der Waals surface area (Å²) in [5.41, 5.74) is -1.45. The number of carbonyl (C=O) groups is 1. The molecule has 0 saturated heterocycles. The Hall–Kier alpha value is -0.290. The van der Waals surface area contributed by atoms with Crippen LogP contribution in [0.2, 0.25) is 0 Å². The summed E-state index contributed by atoms with van der Waals surface area (Å²) in [7, 11) is 0. The molecule has 0 aromatic rings. The van der Waals surface area contributed by atoms with Gasteiger partial charge in [-0.05, 0) is 19.3 Å². The van der Waals surface area contributed by atoms with Crippen molar-refractivity contribution in [1.82, 2.24) is 0 Å². The van der Waals surface area contributed by atoms with E-state index in [4.69, 9.17) is 5.11 Å². The van der Waals surface area contributed by atoms with Gasteiger partial charge in [0, 0.05) is 9.73 Å². The second-order valence-corrected chi connectivity index (χ2v) is 5.10. The van der Waals surface area contributed by atoms with E-state index in [9.17, 15) is 9.18 Å². The van der Waals surface area contributed by atoms with Gasteiger partial charge in [0.1, 0.15) is 11.2 Å². The lowest BCUT2D eigenvalue weighted by Crippen LogP contribution is -2.39. The van der Waals surface area contributed by atoms with Crippen LogP contribution in [-0.4, -0.2) is 22.6 Å². The van der Waals surface area contributed by atoms with E-state index < -0.39 is 17.2 Å². The first-order valence-corrected chi connectivity index (χ1v) is 6.02. The smallest absolute Gasteiger partial charge is 0.317 e. The van der Waals surface area contributed by atoms with Gasteiger partial charge in [0.15, 0.2) is 0 Å². The van der Waals surface area contributed by atoms with E-state index in [1.807, 2.05) is 0 Å². The van der Waals surface area contributed by atoms with Crippen LogP contribution >= 0.6 is 27.7 Å². The summed E-state index contributed by atoms with van der Waals surface area (Å²) in [4.78, 5) is 11.0. The van der Waals surface area contributed by atoms with Gasteiger partial charge in [0.05, 0.1) is 0 Å². The molecule has 1 aliphatic carbocycles. The molecule has 1 N–H and O–H groups in total. The number of carboxylic acids is 1. The van der Waals surface area contributed by atoms with Crippen LogP contribution in [-0.2, 0) is 4.79 Å². The summed E-state index contributed by atoms with van der Waals surface area (Å²) in [5.74, 6) is -1.75. The third-order valence-electron chi connectivity index (χ3n) is 2.34. The van der Waals surface area contributed by atoms with Crippen molar-refractivity contribution < 1.29 is 14.3 Å². The number of thioether (sulfide) groups is 1. The first-order chi connectivity index (χ1) is 6.42. The Bertz CT molecular complexity index is 327. The van der Waals surface area contributed by atoms with Gasteiger partial charge in [-0.3, -0.25) is 4.79 Å². The molecule has 0 amide bonds. The average molecular weight is 281 g/mol. The largest absolute Gasteiger partial charge is 0.480 e. The number of carboxylic acid groups (broad SMARTS) is 1. The van der Waals surface area contributed by atoms with Gasteiger partial charge in [0.25, 0.3) is 0 Å². The van der Waals surface area contributed by atoms with Crippen molar-refractivity contribution in [3.63, 3.8) is 0 Å². The lowest BCUT2D eigenvalue weighted by Gasteiger charge is -2.32. The Morgan fingerprint density at radius 1 is 1.79 bits per heavy atom. The molecule has 14 heavy (non-hydrogen) atoms. The number of hydrogen-bond acceptors (Lipinski definition) is 2. The van der Waals surface area contributed by atoms with Gasteiger partial charge in [-0.1, -0.05) is 22.0 Å². The maximum atomic E-state index is 13.6. The quantitative estimate of drug-likeness (QED) is 0.845. The van der Waals surface area contributed by atoms with Gasteiger partial charge in [0.2, 0.25) is 0 Å². The van der Waals surface area contributed by atoms with E-state index in [1.54, 1.807) is 12.3 Å². The van der Waals surface area contributed by atoms with Crippen molar-refractivity contribution in [2.24, 2.45) is 5.41 Å². The lowest BCUT2D eigenvalue weighted by atomic mass is 9.82. The maximum absolute atomic E-state index is 13.6. The molecule has 2 unspecified atom stereocenters. The zero-order chi connectivity index (χ0) is 10.9. The highest BCUT2D eigenvalue weighted by molar-refractivity contribution is 9.11. The molecule has 0 bridgehead atoms. The van der Waals surface area contributed by atoms with Gasteiger partial charge < -0.3 is 5.11 Å². The number of halogens is 2. The molecule has 5 heteroatoms. The van der Waals surface area contributed by atoms with Gasteiger partial charge >= 0.3 is 5.97 Å². The minimum absolute atomic E-state index is 0.389. The first kappa shape index (κ1) is 11.8. The molecule has 1 rings (SSSR count). The van der Waals surface area contributed by atoms with E-state index in [2.05, 4.69) is 15.9 Å². The molecule has 2 nitrogen and oxygen atoms in total. The molecule has 0 spiro atoms. The second kappa shape index (κ2) is 4.06. The topological polar surface area (TPSA) is 37.3 Å². The fraction of sp³-hybridized carbons (Fsp3) is 0.444. The van der Waals surface area contributed by atoms with Crippen LogP contribution < -0.4 is 0 Å². The van der Waals surface area contributed by atoms with Gasteiger partial charge in [-0.2, -0.15) is 11.8 Å². The predicted molar refractivity (Wildman–Crippen MR) is 59.2 cm³/mol. The summed E-state index contributed by atoms with van der Waals surface area (Å²) >= 11 is 4.47. The minimum atomic E-state index is -1.45. The Morgan fingerprint density at radius 2 is 2.36 bits per heavy atom. The van der Waals surface area contributed by atoms with Gasteiger partial charge in [-0.15, -0.1) is 0 Å². The molecule has 0 heterocycles. The van der Waals surface area contributed by atoms with Gasteiger partial charge in [-0.25, -0.2) is 4.39 Å². The van der Waals surface area contributed by atoms with E-state index in [0.717, 1.165) is 0 Å². The van der Waals surface area contributed by atoms with Crippen molar-refractivity contribution in [2.75, 3.05) is 6.26 Å². The summed E-state index contributed by atoms with van der Waals surface area (Å²) in [5, 5.41) is 8.63. The number of rotatable bonds is 2. The first-order valence-electron chi connectivity index (χ1n) is 3.94. The van der Waals surface area contributed by atoms with Crippen LogP contribution in [0.15, 0.2) is 22.5 Å². The van der Waals surface area contributed by atoms with Crippen LogP contribution in [0.5, 0.6) is 0 Å². The molecule has 1 aliphatic rings. The molecule has 2 atom stereocenters. The van der Waals surface area contributed by atoms with Crippen LogP contribution in [0.25, 0.3) is 0 Å². The molecule has 0 aliphatic heterocycles. The standard InChI is InChI=1S/C9H10BrFO2S/c1-9(8(12)13)6(11)3-5(10)4-7(9)14-2/h3-4,7H,1-2H3,(H,12,13). The molecule has 78 valence electrons. The number of allylic oxidation sites excluding steroid dienone is 2. The SMILES string of the molecule is CSC1C=C(Br)C=C(F)C1(C)C(=O)O. The minimum Gasteiger partial charge on any atom is -0.480 e. The van der Waals surface area contributed by atoms with E-state index in [0.29, 0.717) is 4.48 Å². The molecule has 0 aromatic carbocycles. The van der Waals surface area contributed by atoms with E-state index >= 15 is 0 Å². The molecule has 0 aromatic heterocycles. The van der Waals surface area contributed by atoms with Crippen LogP contribution in [0, 0.1) is 5.41 Å². The van der Waals surface area contributed by atoms with Crippen molar-refractivity contribution in [3.05, 3.63) is 22.5 Å². The highest BCUT2D eigenvalue weighted by Gasteiger charge is 2.46. The summed E-state index contributed by atoms with van der Waals surface area (Å²) in [6.45, 7) is 1.40. The number of aliphatic carboxylic acids is 1. The third-order valence-corrected chi connectivity index (χ3v) is 3.95. The number of hydrogen-bond donors (Lipinski definition) is 1. The maximum Gasteiger partial charge on any atom is 0.317 e. The van der Waals surface area contributed by atoms with Crippen LogP contribution in [0.4, 0.5) is 4.39 Å². The Morgan fingerprint density at radius 3 is 2.79 bits per heavy atom. The lowest BCUT2D eigenvalue weighted by molar-refractivity contribution is -0.146. The molecule has 0 saturated carbocycles. The summed E-state index contributed by atoms with van der Waals surface area (Å²) in [6.07, 6.45) is 4.68. The summed E-state index contributed by atoms with van der Waals surface area (Å²) in [6, 6.07) is 0. The van der Waals surface area contributed by atoms with Crippen LogP contribution in [0.3, 0.4) is 0 Å². The van der Waals surface area contributed by atoms with Crippen molar-refractivity contribution in [1.29, 1.82) is 0 Å². The predicted octanol–water partition coefficient (Wildman–Crippen LogP) is 2.95. The van der Waals surface area contributed by atoms with Crippen LogP contribution in [0.1, 0.15) is 6.92 Å².